The van der Waals surface area contributed by atoms with Crippen LogP contribution in [0.3, 0.4) is 0 Å². The molecule has 4 heteroatoms. The predicted octanol–water partition coefficient (Wildman–Crippen LogP) is 1.47. The zero-order valence-electron chi connectivity index (χ0n) is 10.0. The summed E-state index contributed by atoms with van der Waals surface area (Å²) in [5, 5.41) is 0. The Morgan fingerprint density at radius 3 is 2.88 bits per heavy atom. The van der Waals surface area contributed by atoms with Gasteiger partial charge in [-0.2, -0.15) is 0 Å². The average Bonchev–Trinajstić information content (AvgIpc) is 2.27. The lowest BCUT2D eigenvalue weighted by Gasteiger charge is -2.17. The van der Waals surface area contributed by atoms with Gasteiger partial charge < -0.3 is 9.64 Å². The number of hydrogen-bond acceptors (Lipinski definition) is 3. The normalized spacial score (nSPS) is 10.5. The Balaban J connectivity index is 2.40. The molecule has 0 fully saturated rings. The zero-order chi connectivity index (χ0) is 12.0. The topological polar surface area (TPSA) is 42.4 Å². The molecule has 0 N–H and O–H groups in total. The molecule has 0 radical (unpaired) electrons. The number of carbonyl (C=O) groups is 1. The largest absolute Gasteiger partial charge is 0.369 e. The van der Waals surface area contributed by atoms with Crippen LogP contribution in [0, 0.1) is 0 Å². The molecule has 1 rings (SSSR count). The molecule has 0 aliphatic carbocycles. The van der Waals surface area contributed by atoms with Crippen molar-refractivity contribution in [2.24, 2.45) is 0 Å². The number of pyridine rings is 1. The van der Waals surface area contributed by atoms with Crippen molar-refractivity contribution in [3.63, 3.8) is 0 Å². The summed E-state index contributed by atoms with van der Waals surface area (Å²) in [7, 11) is 1.76. The van der Waals surface area contributed by atoms with E-state index in [2.05, 4.69) is 4.98 Å². The van der Waals surface area contributed by atoms with Crippen LogP contribution in [0.1, 0.15) is 19.4 Å². The van der Waals surface area contributed by atoms with Crippen LogP contribution in [-0.2, 0) is 16.1 Å². The standard InChI is InChI=1S/C12H18N2O2/c1-10(2)16-9-12(15)14(3)8-11-5-4-6-13-7-11/h4-7,10H,8-9H2,1-3H3. The molecule has 0 aromatic carbocycles. The molecule has 1 aromatic heterocycles. The minimum absolute atomic E-state index is 0.0162. The number of hydrogen-bond donors (Lipinski definition) is 0. The van der Waals surface area contributed by atoms with E-state index in [1.54, 1.807) is 24.3 Å². The van der Waals surface area contributed by atoms with E-state index in [-0.39, 0.29) is 18.6 Å². The molecule has 1 aromatic rings. The molecule has 1 heterocycles. The minimum atomic E-state index is -0.0162. The van der Waals surface area contributed by atoms with Crippen molar-refractivity contribution in [3.8, 4) is 0 Å². The van der Waals surface area contributed by atoms with E-state index < -0.39 is 0 Å². The molecule has 16 heavy (non-hydrogen) atoms. The number of carbonyl (C=O) groups excluding carboxylic acids is 1. The second-order valence-corrected chi connectivity index (χ2v) is 3.97. The monoisotopic (exact) mass is 222 g/mol. The summed E-state index contributed by atoms with van der Waals surface area (Å²) in [4.78, 5) is 17.3. The number of nitrogens with zero attached hydrogens (tertiary/aromatic N) is 2. The molecule has 0 bridgehead atoms. The molecule has 0 aliphatic heterocycles. The van der Waals surface area contributed by atoms with E-state index in [1.165, 1.54) is 0 Å². The Bertz CT molecular complexity index is 325. The second-order valence-electron chi connectivity index (χ2n) is 3.97. The van der Waals surface area contributed by atoms with Gasteiger partial charge in [0.15, 0.2) is 0 Å². The first-order valence-electron chi connectivity index (χ1n) is 5.34. The molecular weight excluding hydrogens is 204 g/mol. The smallest absolute Gasteiger partial charge is 0.248 e. The van der Waals surface area contributed by atoms with Crippen molar-refractivity contribution in [3.05, 3.63) is 30.1 Å². The van der Waals surface area contributed by atoms with Crippen molar-refractivity contribution in [2.45, 2.75) is 26.5 Å². The van der Waals surface area contributed by atoms with Crippen molar-refractivity contribution >= 4 is 5.91 Å². The highest BCUT2D eigenvalue weighted by atomic mass is 16.5. The fourth-order valence-corrected chi connectivity index (χ4v) is 1.20. The van der Waals surface area contributed by atoms with Crippen molar-refractivity contribution in [1.29, 1.82) is 0 Å². The maximum Gasteiger partial charge on any atom is 0.248 e. The quantitative estimate of drug-likeness (QED) is 0.757. The maximum atomic E-state index is 11.6. The van der Waals surface area contributed by atoms with E-state index in [4.69, 9.17) is 4.74 Å². The Morgan fingerprint density at radius 1 is 1.56 bits per heavy atom. The molecule has 1 amide bonds. The van der Waals surface area contributed by atoms with Crippen LogP contribution in [0.15, 0.2) is 24.5 Å². The average molecular weight is 222 g/mol. The first kappa shape index (κ1) is 12.6. The van der Waals surface area contributed by atoms with Gasteiger partial charge in [-0.25, -0.2) is 0 Å². The fraction of sp³-hybridized carbons (Fsp3) is 0.500. The summed E-state index contributed by atoms with van der Waals surface area (Å²) in [6.45, 7) is 4.52. The van der Waals surface area contributed by atoms with Gasteiger partial charge in [0.25, 0.3) is 0 Å². The van der Waals surface area contributed by atoms with Crippen LogP contribution in [0.5, 0.6) is 0 Å². The van der Waals surface area contributed by atoms with Crippen LogP contribution in [0.2, 0.25) is 0 Å². The third-order valence-electron chi connectivity index (χ3n) is 2.11. The van der Waals surface area contributed by atoms with Crippen molar-refractivity contribution < 1.29 is 9.53 Å². The number of rotatable bonds is 5. The Labute approximate surface area is 96.2 Å². The molecular formula is C12H18N2O2. The highest BCUT2D eigenvalue weighted by Gasteiger charge is 2.09. The molecule has 0 aliphatic rings. The number of aromatic nitrogens is 1. The van der Waals surface area contributed by atoms with Crippen LogP contribution in [0.4, 0.5) is 0 Å². The van der Waals surface area contributed by atoms with Gasteiger partial charge in [-0.1, -0.05) is 6.07 Å². The van der Waals surface area contributed by atoms with E-state index in [0.29, 0.717) is 6.54 Å². The summed E-state index contributed by atoms with van der Waals surface area (Å²) in [5.41, 5.74) is 1.02. The highest BCUT2D eigenvalue weighted by molar-refractivity contribution is 5.77. The van der Waals surface area contributed by atoms with Crippen molar-refractivity contribution in [2.75, 3.05) is 13.7 Å². The third kappa shape index (κ3) is 4.40. The molecule has 0 saturated carbocycles. The molecule has 4 nitrogen and oxygen atoms in total. The van der Waals surface area contributed by atoms with Gasteiger partial charge in [-0.3, -0.25) is 9.78 Å². The van der Waals surface area contributed by atoms with Gasteiger partial charge >= 0.3 is 0 Å². The molecule has 88 valence electrons. The van der Waals surface area contributed by atoms with Crippen LogP contribution >= 0.6 is 0 Å². The minimum Gasteiger partial charge on any atom is -0.369 e. The number of likely N-dealkylation sites (N-methyl/N-ethyl adjacent to an activating group) is 1. The number of amides is 1. The fourth-order valence-electron chi connectivity index (χ4n) is 1.20. The van der Waals surface area contributed by atoms with E-state index >= 15 is 0 Å². The summed E-state index contributed by atoms with van der Waals surface area (Å²) in [6, 6.07) is 3.80. The Hall–Kier alpha value is -1.42. The lowest BCUT2D eigenvalue weighted by atomic mass is 10.3. The van der Waals surface area contributed by atoms with E-state index in [9.17, 15) is 4.79 Å². The molecule has 0 atom stereocenters. The van der Waals surface area contributed by atoms with E-state index in [0.717, 1.165) is 5.56 Å². The summed E-state index contributed by atoms with van der Waals surface area (Å²) in [5.74, 6) is -0.0162. The lowest BCUT2D eigenvalue weighted by Crippen LogP contribution is -2.30. The van der Waals surface area contributed by atoms with Gasteiger partial charge in [0.2, 0.25) is 5.91 Å². The van der Waals surface area contributed by atoms with Crippen LogP contribution < -0.4 is 0 Å². The highest BCUT2D eigenvalue weighted by Crippen LogP contribution is 2.01. The van der Waals surface area contributed by atoms with E-state index in [1.807, 2.05) is 26.0 Å². The SMILES string of the molecule is CC(C)OCC(=O)N(C)Cc1cccnc1. The number of ether oxygens (including phenoxy) is 1. The Morgan fingerprint density at radius 2 is 2.31 bits per heavy atom. The van der Waals surface area contributed by atoms with Gasteiger partial charge in [-0.05, 0) is 25.5 Å². The lowest BCUT2D eigenvalue weighted by molar-refractivity contribution is -0.136. The summed E-state index contributed by atoms with van der Waals surface area (Å²) >= 11 is 0. The molecule has 0 unspecified atom stereocenters. The maximum absolute atomic E-state index is 11.6. The van der Waals surface area contributed by atoms with Crippen molar-refractivity contribution in [1.82, 2.24) is 9.88 Å². The second kappa shape index (κ2) is 6.23. The van der Waals surface area contributed by atoms with Crippen LogP contribution in [-0.4, -0.2) is 35.5 Å². The Kier molecular flexibility index (Phi) is 4.92. The van der Waals surface area contributed by atoms with Gasteiger partial charge in [0, 0.05) is 26.0 Å². The van der Waals surface area contributed by atoms with Crippen LogP contribution in [0.25, 0.3) is 0 Å². The van der Waals surface area contributed by atoms with Gasteiger partial charge in [0.1, 0.15) is 6.61 Å². The van der Waals surface area contributed by atoms with Gasteiger partial charge in [-0.15, -0.1) is 0 Å². The first-order chi connectivity index (χ1) is 7.59. The first-order valence-corrected chi connectivity index (χ1v) is 5.34. The zero-order valence-corrected chi connectivity index (χ0v) is 10.0. The summed E-state index contributed by atoms with van der Waals surface area (Å²) < 4.78 is 5.26. The third-order valence-corrected chi connectivity index (χ3v) is 2.11. The molecule has 0 spiro atoms. The predicted molar refractivity (Wildman–Crippen MR) is 61.8 cm³/mol. The summed E-state index contributed by atoms with van der Waals surface area (Å²) in [6.07, 6.45) is 3.55. The van der Waals surface area contributed by atoms with Gasteiger partial charge in [0.05, 0.1) is 6.10 Å². The molecule has 0 saturated heterocycles.